The first-order chi connectivity index (χ1) is 8.38. The number of nitro groups is 1. The van der Waals surface area contributed by atoms with E-state index in [2.05, 4.69) is 17.6 Å². The van der Waals surface area contributed by atoms with Crippen LogP contribution in [0, 0.1) is 17.0 Å². The Labute approximate surface area is 114 Å². The predicted octanol–water partition coefficient (Wildman–Crippen LogP) is 1.67. The third-order valence-electron chi connectivity index (χ3n) is 2.47. The van der Waals surface area contributed by atoms with Gasteiger partial charge in [0.15, 0.2) is 0 Å². The van der Waals surface area contributed by atoms with Gasteiger partial charge in [0.1, 0.15) is 17.0 Å². The zero-order chi connectivity index (χ0) is 13.9. The Kier molecular flexibility index (Phi) is 5.33. The van der Waals surface area contributed by atoms with Gasteiger partial charge in [0.2, 0.25) is 0 Å². The Morgan fingerprint density at radius 2 is 2.22 bits per heavy atom. The lowest BCUT2D eigenvalue weighted by molar-refractivity contribution is -0.385. The first kappa shape index (κ1) is 15.2. The second-order valence-corrected chi connectivity index (χ2v) is 4.56. The predicted molar refractivity (Wildman–Crippen MR) is 70.1 cm³/mol. The van der Waals surface area contributed by atoms with Crippen molar-refractivity contribution in [1.29, 1.82) is 0 Å². The molecule has 0 aromatic carbocycles. The smallest absolute Gasteiger partial charge is 0.290 e. The topological polar surface area (TPSA) is 96.5 Å². The van der Waals surface area contributed by atoms with Crippen LogP contribution in [0.1, 0.15) is 23.8 Å². The van der Waals surface area contributed by atoms with E-state index in [-0.39, 0.29) is 28.5 Å². The lowest BCUT2D eigenvalue weighted by atomic mass is 10.0. The Morgan fingerprint density at radius 1 is 1.61 bits per heavy atom. The van der Waals surface area contributed by atoms with Gasteiger partial charge >= 0.3 is 0 Å². The maximum atomic E-state index is 10.8. The van der Waals surface area contributed by atoms with Crippen LogP contribution in [0.5, 0.6) is 0 Å². The van der Waals surface area contributed by atoms with Crippen LogP contribution in [0.15, 0.2) is 6.07 Å². The highest BCUT2D eigenvalue weighted by Gasteiger charge is 2.25. The average molecular weight is 293 g/mol. The van der Waals surface area contributed by atoms with E-state index < -0.39 is 17.1 Å². The number of aliphatic hydroxyl groups is 2. The summed E-state index contributed by atoms with van der Waals surface area (Å²) >= 11 is 9.76. The van der Waals surface area contributed by atoms with Crippen molar-refractivity contribution in [2.24, 2.45) is 0 Å². The third kappa shape index (κ3) is 3.32. The van der Waals surface area contributed by atoms with Crippen molar-refractivity contribution in [2.75, 3.05) is 5.75 Å². The number of nitrogens with zero attached hydrogens (tertiary/aromatic N) is 2. The fraction of sp³-hybridized carbons (Fsp3) is 0.500. The number of halogens is 1. The van der Waals surface area contributed by atoms with Crippen LogP contribution < -0.4 is 0 Å². The summed E-state index contributed by atoms with van der Waals surface area (Å²) in [5.41, 5.74) is -0.0422. The number of aromatic nitrogens is 1. The number of thiol groups is 1. The zero-order valence-electron chi connectivity index (χ0n) is 9.58. The van der Waals surface area contributed by atoms with Gasteiger partial charge in [-0.25, -0.2) is 4.98 Å². The van der Waals surface area contributed by atoms with Crippen LogP contribution in [0.25, 0.3) is 0 Å². The van der Waals surface area contributed by atoms with E-state index in [4.69, 9.17) is 11.6 Å². The molecule has 0 aliphatic rings. The van der Waals surface area contributed by atoms with E-state index in [0.29, 0.717) is 5.75 Å². The van der Waals surface area contributed by atoms with Gasteiger partial charge in [-0.05, 0) is 19.1 Å². The fourth-order valence-electron chi connectivity index (χ4n) is 1.47. The average Bonchev–Trinajstić information content (AvgIpc) is 2.28. The summed E-state index contributed by atoms with van der Waals surface area (Å²) in [6, 6.07) is 1.14. The molecule has 18 heavy (non-hydrogen) atoms. The lowest BCUT2D eigenvalue weighted by Gasteiger charge is -2.18. The van der Waals surface area contributed by atoms with E-state index in [1.54, 1.807) is 0 Å². The highest BCUT2D eigenvalue weighted by molar-refractivity contribution is 7.80. The second kappa shape index (κ2) is 6.33. The third-order valence-corrected chi connectivity index (χ3v) is 3.03. The van der Waals surface area contributed by atoms with Gasteiger partial charge in [-0.15, -0.1) is 0 Å². The molecule has 8 heteroatoms. The maximum absolute atomic E-state index is 10.8. The van der Waals surface area contributed by atoms with Crippen molar-refractivity contribution in [3.8, 4) is 0 Å². The molecule has 2 unspecified atom stereocenters. The van der Waals surface area contributed by atoms with Crippen LogP contribution in [0.2, 0.25) is 5.15 Å². The van der Waals surface area contributed by atoms with E-state index in [1.165, 1.54) is 6.92 Å². The molecular formula is C10H13ClN2O4S. The van der Waals surface area contributed by atoms with E-state index >= 15 is 0 Å². The zero-order valence-corrected chi connectivity index (χ0v) is 11.2. The van der Waals surface area contributed by atoms with Crippen molar-refractivity contribution in [3.05, 3.63) is 32.6 Å². The maximum Gasteiger partial charge on any atom is 0.290 e. The summed E-state index contributed by atoms with van der Waals surface area (Å²) in [5.74, 6) is 0.372. The van der Waals surface area contributed by atoms with Crippen LogP contribution in [-0.2, 0) is 0 Å². The molecule has 1 rings (SSSR count). The lowest BCUT2D eigenvalue weighted by Crippen LogP contribution is -2.19. The molecule has 0 bridgehead atoms. The SMILES string of the molecule is Cc1nc(Cl)c(C(O)C(O)CCS)cc1[N+](=O)[O-]. The highest BCUT2D eigenvalue weighted by atomic mass is 35.5. The molecule has 2 N–H and O–H groups in total. The van der Waals surface area contributed by atoms with E-state index in [0.717, 1.165) is 6.07 Å². The van der Waals surface area contributed by atoms with Gasteiger partial charge in [0.25, 0.3) is 5.69 Å². The van der Waals surface area contributed by atoms with Crippen molar-refractivity contribution >= 4 is 29.9 Å². The molecule has 0 saturated heterocycles. The van der Waals surface area contributed by atoms with Crippen molar-refractivity contribution in [3.63, 3.8) is 0 Å². The monoisotopic (exact) mass is 292 g/mol. The number of rotatable bonds is 5. The summed E-state index contributed by atoms with van der Waals surface area (Å²) in [7, 11) is 0. The van der Waals surface area contributed by atoms with Gasteiger partial charge in [0.05, 0.1) is 11.0 Å². The van der Waals surface area contributed by atoms with Gasteiger partial charge in [-0.2, -0.15) is 12.6 Å². The van der Waals surface area contributed by atoms with Crippen molar-refractivity contribution < 1.29 is 15.1 Å². The Morgan fingerprint density at radius 3 is 2.72 bits per heavy atom. The summed E-state index contributed by atoms with van der Waals surface area (Å²) in [6.45, 7) is 1.45. The number of pyridine rings is 1. The van der Waals surface area contributed by atoms with E-state index in [9.17, 15) is 20.3 Å². The molecule has 2 atom stereocenters. The van der Waals surface area contributed by atoms with Crippen molar-refractivity contribution in [1.82, 2.24) is 4.98 Å². The summed E-state index contributed by atoms with van der Waals surface area (Å²) < 4.78 is 0. The molecule has 0 spiro atoms. The minimum absolute atomic E-state index is 0.0447. The number of aryl methyl sites for hydroxylation is 1. The molecular weight excluding hydrogens is 280 g/mol. The molecule has 0 aliphatic heterocycles. The molecule has 100 valence electrons. The van der Waals surface area contributed by atoms with Crippen molar-refractivity contribution in [2.45, 2.75) is 25.6 Å². The summed E-state index contributed by atoms with van der Waals surface area (Å²) in [6.07, 6.45) is -2.18. The van der Waals surface area contributed by atoms with Gasteiger partial charge in [0, 0.05) is 11.6 Å². The van der Waals surface area contributed by atoms with Crippen LogP contribution in [0.3, 0.4) is 0 Å². The molecule has 0 aliphatic carbocycles. The molecule has 1 aromatic heterocycles. The largest absolute Gasteiger partial charge is 0.390 e. The first-order valence-corrected chi connectivity index (χ1v) is 6.18. The standard InChI is InChI=1S/C10H13ClN2O4S/c1-5-7(13(16)17)4-6(10(11)12-5)9(15)8(14)2-3-18/h4,8-9,14-15,18H,2-3H2,1H3. The second-order valence-electron chi connectivity index (χ2n) is 3.75. The Balaban J connectivity index is 3.15. The number of aliphatic hydroxyl groups excluding tert-OH is 2. The quantitative estimate of drug-likeness (QED) is 0.332. The first-order valence-electron chi connectivity index (χ1n) is 5.17. The molecule has 0 amide bonds. The molecule has 1 heterocycles. The highest BCUT2D eigenvalue weighted by Crippen LogP contribution is 2.30. The Bertz CT molecular complexity index is 458. The molecule has 1 aromatic rings. The molecule has 0 radical (unpaired) electrons. The van der Waals surface area contributed by atoms with Gasteiger partial charge in [-0.1, -0.05) is 11.6 Å². The molecule has 6 nitrogen and oxygen atoms in total. The minimum Gasteiger partial charge on any atom is -0.390 e. The molecule has 0 saturated carbocycles. The van der Waals surface area contributed by atoms with E-state index in [1.807, 2.05) is 0 Å². The van der Waals surface area contributed by atoms with Gasteiger partial charge in [-0.3, -0.25) is 10.1 Å². The van der Waals surface area contributed by atoms with Crippen LogP contribution in [0.4, 0.5) is 5.69 Å². The van der Waals surface area contributed by atoms with Crippen LogP contribution >= 0.6 is 24.2 Å². The van der Waals surface area contributed by atoms with Gasteiger partial charge < -0.3 is 10.2 Å². The van der Waals surface area contributed by atoms with Crippen LogP contribution in [-0.4, -0.2) is 32.0 Å². The Hall–Kier alpha value is -0.890. The number of hydrogen-bond donors (Lipinski definition) is 3. The normalized spacial score (nSPS) is 14.3. The minimum atomic E-state index is -1.32. The summed E-state index contributed by atoms with van der Waals surface area (Å²) in [4.78, 5) is 14.0. The number of hydrogen-bond acceptors (Lipinski definition) is 6. The summed E-state index contributed by atoms with van der Waals surface area (Å²) in [5, 5.41) is 30.2. The molecule has 0 fully saturated rings. The fourth-order valence-corrected chi connectivity index (χ4v) is 2.03.